The van der Waals surface area contributed by atoms with Crippen molar-refractivity contribution in [3.63, 3.8) is 0 Å². The zero-order valence-corrected chi connectivity index (χ0v) is 20.1. The van der Waals surface area contributed by atoms with Crippen LogP contribution in [0.3, 0.4) is 0 Å². The van der Waals surface area contributed by atoms with Crippen LogP contribution in [0.25, 0.3) is 0 Å². The summed E-state index contributed by atoms with van der Waals surface area (Å²) < 4.78 is 44.8. The summed E-state index contributed by atoms with van der Waals surface area (Å²) in [6.07, 6.45) is -1.07. The maximum Gasteiger partial charge on any atom is 0.425 e. The number of piperidine rings is 1. The monoisotopic (exact) mass is 494 g/mol. The van der Waals surface area contributed by atoms with Gasteiger partial charge in [0.15, 0.2) is 6.10 Å². The van der Waals surface area contributed by atoms with Gasteiger partial charge in [-0.2, -0.15) is 32.6 Å². The minimum absolute atomic E-state index is 0.0722. The molecule has 6 nitrogen and oxygen atoms in total. The molecule has 1 aromatic rings. The first kappa shape index (κ1) is 23.4. The molecule has 2 N–H and O–H groups in total. The van der Waals surface area contributed by atoms with Gasteiger partial charge in [-0.05, 0) is 61.5 Å². The number of nitrogens with two attached hydrogens (primary N) is 1. The minimum Gasteiger partial charge on any atom is -0.480 e. The van der Waals surface area contributed by atoms with Gasteiger partial charge in [0, 0.05) is 30.8 Å². The van der Waals surface area contributed by atoms with Crippen molar-refractivity contribution in [1.82, 2.24) is 4.90 Å². The fraction of sp³-hybridized carbons (Fsp3) is 0.542. The van der Waals surface area contributed by atoms with Crippen LogP contribution in [0.4, 0.5) is 13.2 Å². The van der Waals surface area contributed by atoms with Gasteiger partial charge in [0.1, 0.15) is 5.75 Å². The third kappa shape index (κ3) is 3.84. The van der Waals surface area contributed by atoms with E-state index in [1.807, 2.05) is 6.26 Å². The lowest BCUT2D eigenvalue weighted by atomic mass is 9.92. The largest absolute Gasteiger partial charge is 0.480 e. The maximum atomic E-state index is 13.6. The Balaban J connectivity index is 1.42. The smallest absolute Gasteiger partial charge is 0.425 e. The topological polar surface area (TPSA) is 80.3 Å². The summed E-state index contributed by atoms with van der Waals surface area (Å²) in [4.78, 5) is 16.0. The van der Waals surface area contributed by atoms with E-state index in [2.05, 4.69) is 21.9 Å². The van der Waals surface area contributed by atoms with Gasteiger partial charge in [0.2, 0.25) is 0 Å². The number of alkyl halides is 3. The molecule has 1 amide bonds. The van der Waals surface area contributed by atoms with Gasteiger partial charge in [0.25, 0.3) is 5.91 Å². The highest BCUT2D eigenvalue weighted by molar-refractivity contribution is 8.27. The molecule has 2 saturated carbocycles. The fourth-order valence-corrected chi connectivity index (χ4v) is 5.85. The van der Waals surface area contributed by atoms with Gasteiger partial charge in [-0.15, -0.1) is 0 Å². The SMILES string of the molecule is C=S(=C)(C)c1ccc(OC(C)C(F)(F)F)c(C(=O)N2CC3(N)CC3(C3=NN=C(C4CC4)C3)C2)c1. The molecule has 3 unspecified atom stereocenters. The van der Waals surface area contributed by atoms with Crippen LogP contribution in [0.15, 0.2) is 33.3 Å². The molecule has 2 aliphatic carbocycles. The van der Waals surface area contributed by atoms with Gasteiger partial charge in [0.05, 0.1) is 16.7 Å². The highest BCUT2D eigenvalue weighted by atomic mass is 32.2. The van der Waals surface area contributed by atoms with Crippen LogP contribution in [0.1, 0.15) is 43.0 Å². The van der Waals surface area contributed by atoms with Crippen molar-refractivity contribution in [2.45, 2.75) is 55.3 Å². The molecule has 0 spiro atoms. The van der Waals surface area contributed by atoms with Crippen molar-refractivity contribution in [3.05, 3.63) is 23.8 Å². The van der Waals surface area contributed by atoms with E-state index in [1.54, 1.807) is 17.0 Å². The summed E-state index contributed by atoms with van der Waals surface area (Å²) in [5.74, 6) is 8.13. The van der Waals surface area contributed by atoms with Gasteiger partial charge < -0.3 is 15.4 Å². The van der Waals surface area contributed by atoms with Crippen molar-refractivity contribution in [2.24, 2.45) is 27.3 Å². The highest BCUT2D eigenvalue weighted by Crippen LogP contribution is 2.62. The standard InChI is InChI=1S/C24H29F3N4O2S/c1-14(24(25,26)27)33-19-8-7-16(34(2,3)4)9-17(19)21(32)31-12-22(11-23(22,28)13-31)20-10-18(29-30-20)15-5-6-15/h7-9,14-15H,2-3,5-6,10-13,28H2,1,4H3. The maximum absolute atomic E-state index is 13.6. The molecular weight excluding hydrogens is 465 g/mol. The number of ether oxygens (including phenoxy) is 1. The molecule has 10 heteroatoms. The van der Waals surface area contributed by atoms with Crippen LogP contribution in [0.2, 0.25) is 0 Å². The van der Waals surface area contributed by atoms with Crippen LogP contribution in [-0.4, -0.2) is 71.1 Å². The van der Waals surface area contributed by atoms with Crippen LogP contribution < -0.4 is 10.5 Å². The van der Waals surface area contributed by atoms with E-state index in [-0.39, 0.29) is 11.3 Å². The van der Waals surface area contributed by atoms with Crippen molar-refractivity contribution in [2.75, 3.05) is 19.3 Å². The quantitative estimate of drug-likeness (QED) is 0.611. The number of fused-ring (bicyclic) bond motifs is 1. The van der Waals surface area contributed by atoms with E-state index >= 15 is 0 Å². The van der Waals surface area contributed by atoms with E-state index in [0.717, 1.165) is 37.6 Å². The first-order valence-electron chi connectivity index (χ1n) is 11.3. The number of hydrogen-bond acceptors (Lipinski definition) is 5. The number of carbonyl (C=O) groups is 1. The van der Waals surface area contributed by atoms with Gasteiger partial charge in [-0.25, -0.2) is 0 Å². The summed E-state index contributed by atoms with van der Waals surface area (Å²) in [5.41, 5.74) is 7.75. The Morgan fingerprint density at radius 2 is 2.00 bits per heavy atom. The van der Waals surface area contributed by atoms with Crippen LogP contribution in [-0.2, 0) is 0 Å². The van der Waals surface area contributed by atoms with Gasteiger partial charge in [-0.1, -0.05) is 11.7 Å². The predicted octanol–water partition coefficient (Wildman–Crippen LogP) is 3.83. The van der Waals surface area contributed by atoms with E-state index in [4.69, 9.17) is 10.5 Å². The van der Waals surface area contributed by atoms with E-state index in [1.165, 1.54) is 6.07 Å². The molecule has 5 rings (SSSR count). The van der Waals surface area contributed by atoms with Crippen LogP contribution in [0, 0.1) is 11.3 Å². The lowest BCUT2D eigenvalue weighted by Gasteiger charge is -2.25. The minimum atomic E-state index is -4.56. The molecule has 3 fully saturated rings. The molecule has 4 aliphatic rings. The second-order valence-corrected chi connectivity index (χ2v) is 13.4. The Morgan fingerprint density at radius 1 is 1.29 bits per heavy atom. The molecule has 0 aromatic heterocycles. The number of likely N-dealkylation sites (tertiary alicyclic amines) is 1. The third-order valence-corrected chi connectivity index (χ3v) is 8.82. The second kappa shape index (κ2) is 7.34. The number of benzene rings is 1. The fourth-order valence-electron chi connectivity index (χ4n) is 5.05. The predicted molar refractivity (Wildman–Crippen MR) is 131 cm³/mol. The zero-order valence-electron chi connectivity index (χ0n) is 19.3. The summed E-state index contributed by atoms with van der Waals surface area (Å²) in [6.45, 7) is 1.60. The Bertz CT molecular complexity index is 1240. The van der Waals surface area contributed by atoms with Gasteiger partial charge >= 0.3 is 6.18 Å². The second-order valence-electron chi connectivity index (χ2n) is 10.4. The molecule has 3 atom stereocenters. The van der Waals surface area contributed by atoms with Crippen molar-refractivity contribution >= 4 is 38.3 Å². The Kier molecular flexibility index (Phi) is 5.05. The molecule has 2 aliphatic heterocycles. The lowest BCUT2D eigenvalue weighted by Crippen LogP contribution is -2.37. The summed E-state index contributed by atoms with van der Waals surface area (Å²) in [5, 5.41) is 8.81. The molecule has 2 heterocycles. The van der Waals surface area contributed by atoms with Crippen molar-refractivity contribution < 1.29 is 22.7 Å². The molecule has 1 saturated heterocycles. The normalized spacial score (nSPS) is 29.4. The van der Waals surface area contributed by atoms with Crippen LogP contribution in [0.5, 0.6) is 5.75 Å². The van der Waals surface area contributed by atoms with E-state index in [0.29, 0.717) is 30.3 Å². The molecule has 184 valence electrons. The third-order valence-electron chi connectivity index (χ3n) is 7.43. The summed E-state index contributed by atoms with van der Waals surface area (Å²) >= 11 is 0. The molecular formula is C24H29F3N4O2S. The number of rotatable bonds is 6. The average molecular weight is 495 g/mol. The molecule has 0 bridgehead atoms. The Labute approximate surface area is 197 Å². The van der Waals surface area contributed by atoms with Crippen molar-refractivity contribution in [1.29, 1.82) is 0 Å². The number of carbonyl (C=O) groups excluding carboxylic acids is 1. The first-order chi connectivity index (χ1) is 15.7. The number of nitrogens with zero attached hydrogens (tertiary/aromatic N) is 3. The highest BCUT2D eigenvalue weighted by Gasteiger charge is 2.73. The van der Waals surface area contributed by atoms with Gasteiger partial charge in [-0.3, -0.25) is 4.79 Å². The van der Waals surface area contributed by atoms with Crippen LogP contribution >= 0.6 is 9.21 Å². The summed E-state index contributed by atoms with van der Waals surface area (Å²) in [7, 11) is -1.71. The lowest BCUT2D eigenvalue weighted by molar-refractivity contribution is -0.189. The molecule has 1 aromatic carbocycles. The van der Waals surface area contributed by atoms with E-state index < -0.39 is 38.3 Å². The number of halogens is 3. The Morgan fingerprint density at radius 3 is 2.62 bits per heavy atom. The molecule has 0 radical (unpaired) electrons. The number of amides is 1. The van der Waals surface area contributed by atoms with Crippen molar-refractivity contribution in [3.8, 4) is 5.75 Å². The summed E-state index contributed by atoms with van der Waals surface area (Å²) in [6, 6.07) is 4.60. The van der Waals surface area contributed by atoms with E-state index in [9.17, 15) is 18.0 Å². The first-order valence-corrected chi connectivity index (χ1v) is 13.7. The number of hydrogen-bond donors (Lipinski definition) is 1. The average Bonchev–Trinajstić information content (AvgIpc) is 3.58. The Hall–Kier alpha value is -2.33. The zero-order chi connectivity index (χ0) is 24.7. The molecule has 34 heavy (non-hydrogen) atoms.